The molecule has 1 unspecified atom stereocenters. The molecule has 4 heteroatoms. The van der Waals surface area contributed by atoms with Crippen molar-refractivity contribution in [1.29, 1.82) is 0 Å². The first kappa shape index (κ1) is 13.1. The Bertz CT molecular complexity index is 557. The van der Waals surface area contributed by atoms with Crippen molar-refractivity contribution < 1.29 is 13.9 Å². The van der Waals surface area contributed by atoms with E-state index in [0.29, 0.717) is 11.4 Å². The monoisotopic (exact) mass is 259 g/mol. The number of benzene rings is 2. The molecule has 0 amide bonds. The number of anilines is 1. The third kappa shape index (κ3) is 3.10. The molecule has 1 atom stereocenters. The average Bonchev–Trinajstić information content (AvgIpc) is 2.46. The third-order valence-electron chi connectivity index (χ3n) is 2.72. The van der Waals surface area contributed by atoms with E-state index in [1.807, 2.05) is 30.3 Å². The van der Waals surface area contributed by atoms with Gasteiger partial charge in [0.25, 0.3) is 0 Å². The van der Waals surface area contributed by atoms with E-state index in [1.54, 1.807) is 7.05 Å². The van der Waals surface area contributed by atoms with Crippen LogP contribution in [0.25, 0.3) is 0 Å². The van der Waals surface area contributed by atoms with Crippen LogP contribution in [0.1, 0.15) is 11.7 Å². The number of hydrogen-bond donors (Lipinski definition) is 1. The van der Waals surface area contributed by atoms with Crippen molar-refractivity contribution in [3.8, 4) is 5.75 Å². The van der Waals surface area contributed by atoms with E-state index in [4.69, 9.17) is 4.74 Å². The molecule has 0 aliphatic rings. The molecule has 3 nitrogen and oxygen atoms in total. The van der Waals surface area contributed by atoms with Gasteiger partial charge in [0.2, 0.25) is 0 Å². The molecule has 2 rings (SSSR count). The maximum absolute atomic E-state index is 13.1. The summed E-state index contributed by atoms with van der Waals surface area (Å²) in [4.78, 5) is 11.2. The Morgan fingerprint density at radius 2 is 1.95 bits per heavy atom. The molecule has 0 aromatic heterocycles. The lowest BCUT2D eigenvalue weighted by Gasteiger charge is -2.16. The van der Waals surface area contributed by atoms with Crippen LogP contribution in [0, 0.1) is 5.82 Å². The Hall–Kier alpha value is -2.36. The lowest BCUT2D eigenvalue weighted by molar-refractivity contribution is -0.113. The second-order valence-corrected chi connectivity index (χ2v) is 3.98. The van der Waals surface area contributed by atoms with Crippen LogP contribution >= 0.6 is 0 Å². The Morgan fingerprint density at radius 3 is 2.58 bits per heavy atom. The predicted octanol–water partition coefficient (Wildman–Crippen LogP) is 3.19. The maximum Gasteiger partial charge on any atom is 0.179 e. The van der Waals surface area contributed by atoms with Gasteiger partial charge in [-0.2, -0.15) is 0 Å². The number of carbonyl (C=O) groups is 1. The zero-order chi connectivity index (χ0) is 13.7. The van der Waals surface area contributed by atoms with Gasteiger partial charge in [-0.15, -0.1) is 0 Å². The highest BCUT2D eigenvalue weighted by Gasteiger charge is 2.14. The van der Waals surface area contributed by atoms with Gasteiger partial charge in [-0.05, 0) is 17.7 Å². The zero-order valence-corrected chi connectivity index (χ0v) is 10.5. The fraction of sp³-hybridized carbons (Fsp3) is 0.133. The summed E-state index contributed by atoms with van der Waals surface area (Å²) in [6.07, 6.45) is 0.0109. The van der Waals surface area contributed by atoms with Crippen LogP contribution in [0.5, 0.6) is 5.75 Å². The van der Waals surface area contributed by atoms with Gasteiger partial charge in [0.1, 0.15) is 11.6 Å². The molecule has 0 saturated heterocycles. The summed E-state index contributed by atoms with van der Waals surface area (Å²) in [5.74, 6) is 0.0731. The van der Waals surface area contributed by atoms with E-state index in [9.17, 15) is 9.18 Å². The van der Waals surface area contributed by atoms with Crippen LogP contribution in [-0.2, 0) is 4.79 Å². The number of nitrogens with one attached hydrogen (secondary N) is 1. The lowest BCUT2D eigenvalue weighted by Crippen LogP contribution is -2.10. The molecule has 0 bridgehead atoms. The van der Waals surface area contributed by atoms with Crippen LogP contribution in [0.15, 0.2) is 48.5 Å². The zero-order valence-electron chi connectivity index (χ0n) is 10.5. The van der Waals surface area contributed by atoms with Gasteiger partial charge >= 0.3 is 0 Å². The summed E-state index contributed by atoms with van der Waals surface area (Å²) in [5.41, 5.74) is 1.26. The van der Waals surface area contributed by atoms with E-state index in [0.717, 1.165) is 11.8 Å². The van der Waals surface area contributed by atoms with Crippen molar-refractivity contribution in [2.75, 3.05) is 12.4 Å². The topological polar surface area (TPSA) is 38.3 Å². The Labute approximate surface area is 111 Å². The highest BCUT2D eigenvalue weighted by Crippen LogP contribution is 2.29. The number of ether oxygens (including phenoxy) is 1. The molecule has 2 aromatic rings. The molecule has 0 spiro atoms. The van der Waals surface area contributed by atoms with E-state index < -0.39 is 6.10 Å². The number of hydrogen-bond acceptors (Lipinski definition) is 3. The van der Waals surface area contributed by atoms with Gasteiger partial charge in [-0.3, -0.25) is 4.79 Å². The number of carbonyl (C=O) groups excluding carboxylic acids is 1. The molecular weight excluding hydrogens is 245 g/mol. The summed E-state index contributed by atoms with van der Waals surface area (Å²) >= 11 is 0. The molecule has 0 aliphatic heterocycles. The standard InChI is InChI=1S/C15H14FNO2/c1-17-13-9-12(16)7-8-14(13)19-15(10-18)11-5-3-2-4-6-11/h2-10,15,17H,1H3. The lowest BCUT2D eigenvalue weighted by atomic mass is 10.1. The third-order valence-corrected chi connectivity index (χ3v) is 2.72. The van der Waals surface area contributed by atoms with E-state index >= 15 is 0 Å². The van der Waals surface area contributed by atoms with Crippen LogP contribution in [-0.4, -0.2) is 13.3 Å². The van der Waals surface area contributed by atoms with Crippen molar-refractivity contribution in [2.45, 2.75) is 6.10 Å². The van der Waals surface area contributed by atoms with Crippen molar-refractivity contribution in [3.05, 3.63) is 59.9 Å². The second kappa shape index (κ2) is 6.00. The largest absolute Gasteiger partial charge is 0.476 e. The Morgan fingerprint density at radius 1 is 1.21 bits per heavy atom. The number of aldehydes is 1. The van der Waals surface area contributed by atoms with Crippen LogP contribution in [0.3, 0.4) is 0 Å². The molecule has 0 saturated carbocycles. The van der Waals surface area contributed by atoms with E-state index in [2.05, 4.69) is 5.32 Å². The first-order valence-corrected chi connectivity index (χ1v) is 5.89. The van der Waals surface area contributed by atoms with E-state index in [-0.39, 0.29) is 5.82 Å². The van der Waals surface area contributed by atoms with Gasteiger partial charge in [0.05, 0.1) is 5.69 Å². The fourth-order valence-electron chi connectivity index (χ4n) is 1.75. The maximum atomic E-state index is 13.1. The quantitative estimate of drug-likeness (QED) is 0.838. The van der Waals surface area contributed by atoms with Gasteiger partial charge in [-0.1, -0.05) is 30.3 Å². The minimum Gasteiger partial charge on any atom is -0.476 e. The molecule has 0 aliphatic carbocycles. The summed E-state index contributed by atoms with van der Waals surface area (Å²) in [5, 5.41) is 2.84. The Kier molecular flexibility index (Phi) is 4.13. The van der Waals surface area contributed by atoms with Crippen LogP contribution in [0.4, 0.5) is 10.1 Å². The molecule has 0 radical (unpaired) electrons. The SMILES string of the molecule is CNc1cc(F)ccc1OC(C=O)c1ccccc1. The second-order valence-electron chi connectivity index (χ2n) is 3.98. The highest BCUT2D eigenvalue weighted by molar-refractivity contribution is 5.63. The van der Waals surface area contributed by atoms with Crippen LogP contribution < -0.4 is 10.1 Å². The van der Waals surface area contributed by atoms with Crippen LogP contribution in [0.2, 0.25) is 0 Å². The van der Waals surface area contributed by atoms with E-state index in [1.165, 1.54) is 18.2 Å². The van der Waals surface area contributed by atoms with Gasteiger partial charge in [-0.25, -0.2) is 4.39 Å². The van der Waals surface area contributed by atoms with Crippen molar-refractivity contribution in [1.82, 2.24) is 0 Å². The highest BCUT2D eigenvalue weighted by atomic mass is 19.1. The Balaban J connectivity index is 2.26. The minimum absolute atomic E-state index is 0.362. The molecule has 19 heavy (non-hydrogen) atoms. The first-order valence-electron chi connectivity index (χ1n) is 5.89. The minimum atomic E-state index is -0.709. The summed E-state index contributed by atoms with van der Waals surface area (Å²) < 4.78 is 18.7. The molecule has 1 N–H and O–H groups in total. The first-order chi connectivity index (χ1) is 9.24. The van der Waals surface area contributed by atoms with Crippen molar-refractivity contribution >= 4 is 12.0 Å². The molecule has 0 fully saturated rings. The molecule has 98 valence electrons. The van der Waals surface area contributed by atoms with Gasteiger partial charge in [0, 0.05) is 13.1 Å². The van der Waals surface area contributed by atoms with Crippen molar-refractivity contribution in [2.24, 2.45) is 0 Å². The van der Waals surface area contributed by atoms with Gasteiger partial charge < -0.3 is 10.1 Å². The van der Waals surface area contributed by atoms with Crippen molar-refractivity contribution in [3.63, 3.8) is 0 Å². The number of rotatable bonds is 5. The van der Waals surface area contributed by atoms with Gasteiger partial charge in [0.15, 0.2) is 12.4 Å². The molecule has 2 aromatic carbocycles. The average molecular weight is 259 g/mol. The smallest absolute Gasteiger partial charge is 0.179 e. The predicted molar refractivity (Wildman–Crippen MR) is 71.8 cm³/mol. The summed E-state index contributed by atoms with van der Waals surface area (Å²) in [6.45, 7) is 0. The normalized spacial score (nSPS) is 11.7. The molecule has 0 heterocycles. The fourth-order valence-corrected chi connectivity index (χ4v) is 1.75. The number of halogens is 1. The summed E-state index contributed by atoms with van der Waals surface area (Å²) in [6, 6.07) is 13.3. The summed E-state index contributed by atoms with van der Waals surface area (Å²) in [7, 11) is 1.67. The molecular formula is C15H14FNO2.